The lowest BCUT2D eigenvalue weighted by atomic mass is 10.2. The van der Waals surface area contributed by atoms with E-state index in [4.69, 9.17) is 10.5 Å². The number of primary amides is 1. The Balaban J connectivity index is 2.09. The summed E-state index contributed by atoms with van der Waals surface area (Å²) in [7, 11) is 1.54. The van der Waals surface area contributed by atoms with E-state index < -0.39 is 17.4 Å². The predicted molar refractivity (Wildman–Crippen MR) is 117 cm³/mol. The average molecular weight is 486 g/mol. The fraction of sp³-hybridized carbons (Fsp3) is 0.143. The molecule has 0 fully saturated rings. The second-order valence-electron chi connectivity index (χ2n) is 6.62. The molecule has 2 aromatic heterocycles. The molecule has 0 radical (unpaired) electrons. The maximum Gasteiger partial charge on any atom is 0.335 e. The summed E-state index contributed by atoms with van der Waals surface area (Å²) in [6.07, 6.45) is 0. The van der Waals surface area contributed by atoms with Crippen LogP contribution in [0.3, 0.4) is 0 Å². The number of aromatic nitrogens is 4. The van der Waals surface area contributed by atoms with Crippen LogP contribution in [0.5, 0.6) is 5.75 Å². The maximum absolute atomic E-state index is 13.4. The highest BCUT2D eigenvalue weighted by Gasteiger charge is 2.24. The number of ether oxygens (including phenoxy) is 1. The van der Waals surface area contributed by atoms with Crippen LogP contribution in [0.2, 0.25) is 0 Å². The lowest BCUT2D eigenvalue weighted by Crippen LogP contribution is -2.23. The van der Waals surface area contributed by atoms with Gasteiger partial charge in [-0.2, -0.15) is 0 Å². The van der Waals surface area contributed by atoms with E-state index in [1.54, 1.807) is 32.2 Å². The summed E-state index contributed by atoms with van der Waals surface area (Å²) >= 11 is 3.42. The molecule has 0 atom stereocenters. The van der Waals surface area contributed by atoms with E-state index >= 15 is 0 Å². The van der Waals surface area contributed by atoms with E-state index in [1.165, 1.54) is 33.4 Å². The summed E-state index contributed by atoms with van der Waals surface area (Å²) in [4.78, 5) is 34.4. The van der Waals surface area contributed by atoms with Crippen LogP contribution in [-0.4, -0.2) is 32.1 Å². The number of benzene rings is 2. The molecule has 8 nitrogen and oxygen atoms in total. The van der Waals surface area contributed by atoms with Gasteiger partial charge in [0.15, 0.2) is 17.2 Å². The first kappa shape index (κ1) is 20.7. The molecule has 2 aromatic carbocycles. The highest BCUT2D eigenvalue weighted by molar-refractivity contribution is 9.10. The average Bonchev–Trinajstić information content (AvgIpc) is 3.04. The Morgan fingerprint density at radius 1 is 1.19 bits per heavy atom. The van der Waals surface area contributed by atoms with Crippen molar-refractivity contribution in [3.63, 3.8) is 0 Å². The van der Waals surface area contributed by atoms with Crippen molar-refractivity contribution in [2.24, 2.45) is 5.73 Å². The molecule has 0 bridgehead atoms. The van der Waals surface area contributed by atoms with Gasteiger partial charge in [-0.1, -0.05) is 0 Å². The molecule has 4 aromatic rings. The fourth-order valence-electron chi connectivity index (χ4n) is 3.38. The summed E-state index contributed by atoms with van der Waals surface area (Å²) in [5.41, 5.74) is 6.50. The van der Waals surface area contributed by atoms with Gasteiger partial charge in [0.1, 0.15) is 17.1 Å². The van der Waals surface area contributed by atoms with Gasteiger partial charge < -0.3 is 10.5 Å². The second-order valence-corrected chi connectivity index (χ2v) is 7.47. The first-order chi connectivity index (χ1) is 14.8. The smallest absolute Gasteiger partial charge is 0.335 e. The van der Waals surface area contributed by atoms with Crippen LogP contribution < -0.4 is 16.2 Å². The lowest BCUT2D eigenvalue weighted by molar-refractivity contribution is 0.0997. The molecule has 0 saturated heterocycles. The molecule has 10 heteroatoms. The number of imidazole rings is 1. The van der Waals surface area contributed by atoms with Crippen molar-refractivity contribution in [3.8, 4) is 22.8 Å². The third-order valence-corrected chi connectivity index (χ3v) is 5.43. The van der Waals surface area contributed by atoms with Crippen molar-refractivity contribution in [1.29, 1.82) is 0 Å². The Morgan fingerprint density at radius 3 is 2.48 bits per heavy atom. The van der Waals surface area contributed by atoms with Crippen molar-refractivity contribution < 1.29 is 13.9 Å². The zero-order chi connectivity index (χ0) is 22.3. The Labute approximate surface area is 184 Å². The van der Waals surface area contributed by atoms with Crippen LogP contribution in [0.4, 0.5) is 4.39 Å². The molecule has 0 aliphatic rings. The third kappa shape index (κ3) is 3.48. The van der Waals surface area contributed by atoms with Crippen LogP contribution in [0.25, 0.3) is 28.2 Å². The molecule has 1 amide bonds. The summed E-state index contributed by atoms with van der Waals surface area (Å²) in [5.74, 6) is -0.416. The van der Waals surface area contributed by atoms with Gasteiger partial charge in [-0.05, 0) is 65.3 Å². The molecule has 2 N–H and O–H groups in total. The Morgan fingerprint density at radius 2 is 1.90 bits per heavy atom. The molecule has 0 aliphatic carbocycles. The zero-order valence-electron chi connectivity index (χ0n) is 16.6. The molecular weight excluding hydrogens is 469 g/mol. The van der Waals surface area contributed by atoms with E-state index in [2.05, 4.69) is 25.9 Å². The predicted octanol–water partition coefficient (Wildman–Crippen LogP) is 3.28. The van der Waals surface area contributed by atoms with Crippen LogP contribution in [0.1, 0.15) is 17.4 Å². The minimum atomic E-state index is -0.792. The number of nitrogens with zero attached hydrogens (tertiary/aromatic N) is 4. The second kappa shape index (κ2) is 7.95. The van der Waals surface area contributed by atoms with Gasteiger partial charge in [0.25, 0.3) is 5.91 Å². The van der Waals surface area contributed by atoms with Crippen molar-refractivity contribution in [3.05, 3.63) is 68.9 Å². The number of carbonyl (C=O) groups excluding carboxylic acids is 1. The standard InChI is InChI=1S/C21H17BrFN5O3/c1-3-27-17-16(18(24)29)25-19(11-4-9-15(31-2)14(22)10-11)26-20(17)28(21(27)30)13-7-5-12(23)6-8-13/h4-10H,3H2,1-2H3,(H2,24,29). The van der Waals surface area contributed by atoms with Crippen molar-refractivity contribution in [1.82, 2.24) is 19.1 Å². The van der Waals surface area contributed by atoms with Crippen LogP contribution >= 0.6 is 15.9 Å². The maximum atomic E-state index is 13.4. The van der Waals surface area contributed by atoms with Gasteiger partial charge in [-0.3, -0.25) is 9.36 Å². The molecule has 158 valence electrons. The topological polar surface area (TPSA) is 105 Å². The number of nitrogens with two attached hydrogens (primary N) is 1. The largest absolute Gasteiger partial charge is 0.496 e. The van der Waals surface area contributed by atoms with Crippen LogP contribution in [0, 0.1) is 5.82 Å². The highest BCUT2D eigenvalue weighted by Crippen LogP contribution is 2.30. The molecular formula is C21H17BrFN5O3. The molecule has 31 heavy (non-hydrogen) atoms. The summed E-state index contributed by atoms with van der Waals surface area (Å²) < 4.78 is 22.0. The minimum Gasteiger partial charge on any atom is -0.496 e. The number of carbonyl (C=O) groups is 1. The third-order valence-electron chi connectivity index (χ3n) is 4.81. The highest BCUT2D eigenvalue weighted by atomic mass is 79.9. The van der Waals surface area contributed by atoms with Crippen LogP contribution in [0.15, 0.2) is 51.7 Å². The molecule has 0 unspecified atom stereocenters. The van der Waals surface area contributed by atoms with Crippen molar-refractivity contribution in [2.75, 3.05) is 7.11 Å². The first-order valence-corrected chi connectivity index (χ1v) is 10.1. The van der Waals surface area contributed by atoms with E-state index in [-0.39, 0.29) is 29.2 Å². The number of aryl methyl sites for hydroxylation is 1. The molecule has 4 rings (SSSR count). The first-order valence-electron chi connectivity index (χ1n) is 9.28. The number of hydrogen-bond donors (Lipinski definition) is 1. The van der Waals surface area contributed by atoms with Crippen molar-refractivity contribution in [2.45, 2.75) is 13.5 Å². The summed E-state index contributed by atoms with van der Waals surface area (Å²) in [5, 5.41) is 0. The van der Waals surface area contributed by atoms with Gasteiger partial charge in [-0.25, -0.2) is 23.7 Å². The van der Waals surface area contributed by atoms with Crippen LogP contribution in [-0.2, 0) is 6.54 Å². The minimum absolute atomic E-state index is 0.0771. The van der Waals surface area contributed by atoms with Gasteiger partial charge in [0.05, 0.1) is 17.3 Å². The summed E-state index contributed by atoms with van der Waals surface area (Å²) in [6.45, 7) is 2.02. The Hall–Kier alpha value is -3.53. The number of amides is 1. The van der Waals surface area contributed by atoms with Gasteiger partial charge >= 0.3 is 5.69 Å². The fourth-order valence-corrected chi connectivity index (χ4v) is 3.92. The molecule has 0 saturated carbocycles. The van der Waals surface area contributed by atoms with Gasteiger partial charge in [-0.15, -0.1) is 0 Å². The Bertz CT molecular complexity index is 1380. The monoisotopic (exact) mass is 485 g/mol. The normalized spacial score (nSPS) is 11.1. The zero-order valence-corrected chi connectivity index (χ0v) is 18.2. The van der Waals surface area contributed by atoms with E-state index in [1.807, 2.05) is 0 Å². The lowest BCUT2D eigenvalue weighted by Gasteiger charge is -2.09. The van der Waals surface area contributed by atoms with E-state index in [9.17, 15) is 14.0 Å². The van der Waals surface area contributed by atoms with E-state index in [0.717, 1.165) is 0 Å². The quantitative estimate of drug-likeness (QED) is 0.466. The number of methoxy groups -OCH3 is 1. The number of hydrogen-bond acceptors (Lipinski definition) is 5. The number of fused-ring (bicyclic) bond motifs is 1. The SMILES string of the molecule is CCn1c(=O)n(-c2ccc(F)cc2)c2nc(-c3ccc(OC)c(Br)c3)nc(C(N)=O)c21. The molecule has 2 heterocycles. The van der Waals surface area contributed by atoms with E-state index in [0.29, 0.717) is 21.5 Å². The van der Waals surface area contributed by atoms with Gasteiger partial charge in [0, 0.05) is 12.1 Å². The van der Waals surface area contributed by atoms with Gasteiger partial charge in [0.2, 0.25) is 0 Å². The molecule has 0 spiro atoms. The Kier molecular flexibility index (Phi) is 5.32. The number of halogens is 2. The molecule has 0 aliphatic heterocycles. The summed E-state index contributed by atoms with van der Waals surface area (Å²) in [6, 6.07) is 10.6. The number of rotatable bonds is 5. The van der Waals surface area contributed by atoms with Crippen molar-refractivity contribution >= 4 is 33.0 Å².